The Labute approximate surface area is 424 Å². The molecule has 3 atom stereocenters. The Hall–Kier alpha value is -6.06. The van der Waals surface area contributed by atoms with Crippen molar-refractivity contribution < 1.29 is 46.2 Å². The van der Waals surface area contributed by atoms with Crippen LogP contribution in [-0.2, 0) is 24.2 Å². The van der Waals surface area contributed by atoms with Crippen LogP contribution in [0.4, 0.5) is 32.8 Å². The predicted octanol–water partition coefficient (Wildman–Crippen LogP) is 8.21. The number of nitrogens with one attached hydrogen (secondary N) is 3. The van der Waals surface area contributed by atoms with Crippen molar-refractivity contribution in [3.05, 3.63) is 100 Å². The maximum Gasteiger partial charge on any atom is 0.293 e. The number of para-hydroxylation sites is 1. The van der Waals surface area contributed by atoms with Gasteiger partial charge in [0.05, 0.1) is 52.5 Å². The zero-order valence-electron chi connectivity index (χ0n) is 41.2. The number of halogens is 1. The number of pyridine rings is 1. The van der Waals surface area contributed by atoms with Gasteiger partial charge in [0.25, 0.3) is 21.6 Å². The second kappa shape index (κ2) is 20.0. The second-order valence-electron chi connectivity index (χ2n) is 20.8. The van der Waals surface area contributed by atoms with Crippen molar-refractivity contribution in [2.24, 2.45) is 5.41 Å². The molecule has 3 aromatic carbocycles. The van der Waals surface area contributed by atoms with Gasteiger partial charge in [0, 0.05) is 100 Å². The monoisotopic (exact) mass is 1020 g/mol. The third-order valence-electron chi connectivity index (χ3n) is 15.8. The molecule has 20 heteroatoms. The number of nitro groups is 1. The number of nitro benzene ring substituents is 1. The summed E-state index contributed by atoms with van der Waals surface area (Å²) in [5.74, 6) is 0.333. The van der Waals surface area contributed by atoms with Crippen LogP contribution < -0.4 is 29.3 Å². The van der Waals surface area contributed by atoms with Crippen LogP contribution in [0, 0.1) is 15.5 Å². The lowest BCUT2D eigenvalue weighted by molar-refractivity contribution is -0.384. The molecule has 73 heavy (non-hydrogen) atoms. The Kier molecular flexibility index (Phi) is 13.5. The van der Waals surface area contributed by atoms with Crippen molar-refractivity contribution in [1.82, 2.24) is 19.6 Å². The average molecular weight is 1020 g/mol. The molecule has 1 saturated carbocycles. The molecule has 0 unspecified atom stereocenters. The highest BCUT2D eigenvalue weighted by Crippen LogP contribution is 2.54. The SMILES string of the molecule is CC(C)Oc1ccccc1[C@@H]1COCCCN1C1CC2(CCN(c3ccc(C(=O)NS(=O)(=O)c4ccc(NCC5(F)CCOCC5)c([N+](=O)[O-])c4)c(N4c5cc6cc[nH]c6nc5O[C@H]5COCC[C@@H]54)c3)CC2)C1. The molecule has 6 aliphatic rings. The quantitative estimate of drug-likeness (QED) is 0.0752. The summed E-state index contributed by atoms with van der Waals surface area (Å²) >= 11 is 0. The van der Waals surface area contributed by atoms with Crippen molar-refractivity contribution in [3.8, 4) is 11.6 Å². The van der Waals surface area contributed by atoms with Crippen molar-refractivity contribution in [3.63, 3.8) is 0 Å². The van der Waals surface area contributed by atoms with E-state index in [1.54, 1.807) is 12.3 Å². The highest BCUT2D eigenvalue weighted by molar-refractivity contribution is 7.90. The standard InChI is InChI=1S/C53H63FN8O10S/c1-34(2)71-47-7-4-3-6-39(47)46-31-69-22-5-19-60(46)37-29-52(30-37)14-20-59(21-15-52)36-8-10-40(43(27-36)61-42-13-23-70-32-48(42)72-51-45(61)26-35-12-18-55-49(35)57-51)50(63)58-73(66,67)38-9-11-41(44(28-38)62(64)65)56-33-53(54)16-24-68-25-17-53/h3-4,6-12,18,26-28,34,37,42,46,48,56H,5,13-17,19-25,29-33H2,1-2H3,(H,55,57)(H,58,63)/t42-,46-,48-/m0/s1. The smallest absolute Gasteiger partial charge is 0.293 e. The summed E-state index contributed by atoms with van der Waals surface area (Å²) < 4.78 is 76.1. The first-order chi connectivity index (χ1) is 35.3. The molecule has 7 heterocycles. The average Bonchev–Trinajstić information content (AvgIpc) is 3.70. The zero-order chi connectivity index (χ0) is 50.5. The van der Waals surface area contributed by atoms with Crippen LogP contribution in [0.2, 0.25) is 0 Å². The molecule has 1 aliphatic carbocycles. The predicted molar refractivity (Wildman–Crippen MR) is 272 cm³/mol. The van der Waals surface area contributed by atoms with Gasteiger partial charge in [0.15, 0.2) is 0 Å². The number of carbonyl (C=O) groups is 1. The Morgan fingerprint density at radius 1 is 0.945 bits per heavy atom. The van der Waals surface area contributed by atoms with E-state index >= 15 is 4.39 Å². The number of piperidine rings is 1. The Morgan fingerprint density at radius 3 is 2.53 bits per heavy atom. The zero-order valence-corrected chi connectivity index (χ0v) is 42.0. The minimum Gasteiger partial charge on any atom is -0.491 e. The van der Waals surface area contributed by atoms with Gasteiger partial charge in [0.2, 0.25) is 5.88 Å². The number of aromatic nitrogens is 2. The van der Waals surface area contributed by atoms with Crippen LogP contribution in [0.5, 0.6) is 11.6 Å². The van der Waals surface area contributed by atoms with E-state index in [-0.39, 0.29) is 74.1 Å². The van der Waals surface area contributed by atoms with E-state index in [9.17, 15) is 23.3 Å². The molecule has 2 aromatic heterocycles. The Morgan fingerprint density at radius 2 is 1.74 bits per heavy atom. The number of amides is 1. The molecule has 1 spiro atoms. The van der Waals surface area contributed by atoms with Gasteiger partial charge in [-0.1, -0.05) is 18.2 Å². The van der Waals surface area contributed by atoms with Gasteiger partial charge < -0.3 is 43.8 Å². The van der Waals surface area contributed by atoms with Gasteiger partial charge in [-0.2, -0.15) is 4.98 Å². The van der Waals surface area contributed by atoms with Crippen molar-refractivity contribution in [2.45, 2.75) is 106 Å². The lowest BCUT2D eigenvalue weighted by Gasteiger charge is -2.56. The van der Waals surface area contributed by atoms with Gasteiger partial charge >= 0.3 is 0 Å². The van der Waals surface area contributed by atoms with Gasteiger partial charge in [-0.15, -0.1) is 0 Å². The lowest BCUT2D eigenvalue weighted by atomic mass is 9.59. The van der Waals surface area contributed by atoms with E-state index in [0.717, 1.165) is 81.2 Å². The third kappa shape index (κ3) is 9.91. The van der Waals surface area contributed by atoms with Crippen LogP contribution in [0.1, 0.15) is 87.2 Å². The number of ether oxygens (including phenoxy) is 5. The molecular weight excluding hydrogens is 960 g/mol. The number of H-pyrrole nitrogens is 1. The summed E-state index contributed by atoms with van der Waals surface area (Å²) in [4.78, 5) is 40.8. The number of fused-ring (bicyclic) bond motifs is 3. The molecule has 388 valence electrons. The molecular formula is C53H63FN8O10S. The Bertz CT molecular complexity index is 2970. The molecule has 4 saturated heterocycles. The molecule has 5 aromatic rings. The molecule has 1 amide bonds. The fraction of sp³-hybridized carbons (Fsp3) is 0.509. The van der Waals surface area contributed by atoms with E-state index in [2.05, 4.69) is 56.9 Å². The molecule has 3 N–H and O–H groups in total. The Balaban J connectivity index is 0.870. The normalized spacial score (nSPS) is 23.2. The van der Waals surface area contributed by atoms with Crippen LogP contribution in [0.3, 0.4) is 0 Å². The molecule has 5 fully saturated rings. The van der Waals surface area contributed by atoms with Crippen molar-refractivity contribution in [1.29, 1.82) is 0 Å². The first-order valence-corrected chi connectivity index (χ1v) is 27.1. The molecule has 18 nitrogen and oxygen atoms in total. The first-order valence-electron chi connectivity index (χ1n) is 25.6. The van der Waals surface area contributed by atoms with E-state index in [4.69, 9.17) is 28.7 Å². The topological polar surface area (TPSA) is 203 Å². The highest BCUT2D eigenvalue weighted by Gasteiger charge is 2.50. The van der Waals surface area contributed by atoms with Gasteiger partial charge in [-0.25, -0.2) is 17.5 Å². The number of alkyl halides is 1. The summed E-state index contributed by atoms with van der Waals surface area (Å²) in [5.41, 5.74) is 1.76. The van der Waals surface area contributed by atoms with Gasteiger partial charge in [0.1, 0.15) is 34.5 Å². The number of carbonyl (C=O) groups excluding carboxylic acids is 1. The fourth-order valence-corrected chi connectivity index (χ4v) is 12.9. The highest BCUT2D eigenvalue weighted by atomic mass is 32.2. The van der Waals surface area contributed by atoms with Crippen molar-refractivity contribution >= 4 is 55.4 Å². The largest absolute Gasteiger partial charge is 0.491 e. The number of nitrogens with zero attached hydrogens (tertiary/aromatic N) is 5. The van der Waals surface area contributed by atoms with Crippen LogP contribution in [0.15, 0.2) is 83.9 Å². The van der Waals surface area contributed by atoms with Crippen LogP contribution >= 0.6 is 0 Å². The molecule has 0 bridgehead atoms. The maximum absolute atomic E-state index is 15.4. The number of hydrogen-bond acceptors (Lipinski definition) is 15. The summed E-state index contributed by atoms with van der Waals surface area (Å²) in [7, 11) is -4.69. The first kappa shape index (κ1) is 49.2. The molecule has 11 rings (SSSR count). The number of anilines is 4. The molecule has 5 aliphatic heterocycles. The van der Waals surface area contributed by atoms with E-state index in [1.807, 2.05) is 35.2 Å². The summed E-state index contributed by atoms with van der Waals surface area (Å²) in [6.45, 7) is 8.97. The second-order valence-corrected chi connectivity index (χ2v) is 22.5. The van der Waals surface area contributed by atoms with E-state index in [1.165, 1.54) is 17.7 Å². The summed E-state index contributed by atoms with van der Waals surface area (Å²) in [6.07, 6.45) is 7.33. The number of hydrogen-bond donors (Lipinski definition) is 3. The summed E-state index contributed by atoms with van der Waals surface area (Å²) in [6, 6.07) is 21.2. The maximum atomic E-state index is 15.4. The van der Waals surface area contributed by atoms with E-state index in [0.29, 0.717) is 48.6 Å². The number of rotatable bonds is 13. The molecule has 0 radical (unpaired) electrons. The van der Waals surface area contributed by atoms with Crippen molar-refractivity contribution in [2.75, 3.05) is 80.9 Å². The van der Waals surface area contributed by atoms with Gasteiger partial charge in [-0.05, 0) is 106 Å². The number of benzene rings is 3. The minimum atomic E-state index is -4.69. The van der Waals surface area contributed by atoms with E-state index < -0.39 is 43.2 Å². The van der Waals surface area contributed by atoms with Crippen LogP contribution in [-0.4, -0.2) is 130 Å². The van der Waals surface area contributed by atoms with Crippen LogP contribution in [0.25, 0.3) is 11.0 Å². The lowest BCUT2D eigenvalue weighted by Crippen LogP contribution is -2.56. The minimum absolute atomic E-state index is 0.0464. The van der Waals surface area contributed by atoms with Gasteiger partial charge in [-0.3, -0.25) is 19.8 Å². The number of aromatic amines is 1. The fourth-order valence-electron chi connectivity index (χ4n) is 11.9. The summed E-state index contributed by atoms with van der Waals surface area (Å²) in [5, 5.41) is 15.9. The third-order valence-corrected chi connectivity index (χ3v) is 17.1. The number of sulfonamides is 1.